The molecule has 13 atom stereocenters. The molecule has 0 aliphatic carbocycles. The Bertz CT molecular complexity index is 1740. The molecule has 328 valence electrons. The number of carbonyl (C=O) groups is 4. The van der Waals surface area contributed by atoms with Crippen LogP contribution in [0.3, 0.4) is 0 Å². The number of fused-ring (bicyclic) bond motifs is 1. The Hall–Kier alpha value is -3.69. The minimum Gasteiger partial charge on any atom is -0.458 e. The van der Waals surface area contributed by atoms with Crippen LogP contribution in [0.1, 0.15) is 100.0 Å². The number of aliphatic hydroxyl groups excluding tert-OH is 1. The molecule has 5 rings (SSSR count). The van der Waals surface area contributed by atoms with Gasteiger partial charge >= 0.3 is 12.1 Å². The first kappa shape index (κ1) is 46.4. The van der Waals surface area contributed by atoms with Crippen molar-refractivity contribution in [3.8, 4) is 5.82 Å². The summed E-state index contributed by atoms with van der Waals surface area (Å²) in [5, 5.41) is 11.6. The van der Waals surface area contributed by atoms with Crippen molar-refractivity contribution in [3.63, 3.8) is 0 Å². The van der Waals surface area contributed by atoms with E-state index in [1.54, 1.807) is 32.6 Å². The molecule has 1 N–H and O–H groups in total. The van der Waals surface area contributed by atoms with Crippen molar-refractivity contribution in [2.75, 3.05) is 27.2 Å². The van der Waals surface area contributed by atoms with Gasteiger partial charge in [-0.3, -0.25) is 14.4 Å². The van der Waals surface area contributed by atoms with E-state index in [9.17, 15) is 24.3 Å². The van der Waals surface area contributed by atoms with Crippen LogP contribution < -0.4 is 0 Å². The average molecular weight is 825 g/mol. The van der Waals surface area contributed by atoms with Gasteiger partial charge in [0, 0.05) is 56.0 Å². The van der Waals surface area contributed by atoms with Crippen LogP contribution >= 0.6 is 0 Å². The zero-order valence-electron chi connectivity index (χ0n) is 37.0. The van der Waals surface area contributed by atoms with Gasteiger partial charge in [-0.2, -0.15) is 0 Å². The summed E-state index contributed by atoms with van der Waals surface area (Å²) in [5.74, 6) is -4.08. The molecule has 3 aliphatic heterocycles. The molecule has 3 fully saturated rings. The van der Waals surface area contributed by atoms with Gasteiger partial charge in [0.1, 0.15) is 29.7 Å². The van der Waals surface area contributed by atoms with Gasteiger partial charge in [-0.15, -0.1) is 0 Å². The van der Waals surface area contributed by atoms with Crippen LogP contribution in [-0.4, -0.2) is 129 Å². The lowest BCUT2D eigenvalue weighted by molar-refractivity contribution is -0.296. The van der Waals surface area contributed by atoms with E-state index < -0.39 is 83.4 Å². The van der Waals surface area contributed by atoms with Crippen LogP contribution in [0.5, 0.6) is 0 Å². The van der Waals surface area contributed by atoms with Gasteiger partial charge in [0.05, 0.1) is 23.9 Å². The molecule has 1 amide bonds. The third kappa shape index (κ3) is 9.77. The van der Waals surface area contributed by atoms with Gasteiger partial charge in [-0.1, -0.05) is 40.7 Å². The van der Waals surface area contributed by atoms with E-state index in [0.717, 1.165) is 24.2 Å². The highest BCUT2D eigenvalue weighted by molar-refractivity contribution is 6.00. The van der Waals surface area contributed by atoms with Crippen LogP contribution in [0.2, 0.25) is 0 Å². The van der Waals surface area contributed by atoms with Crippen molar-refractivity contribution in [2.24, 2.45) is 23.7 Å². The molecular weight excluding hydrogens is 757 g/mol. The maximum absolute atomic E-state index is 14.7. The Morgan fingerprint density at radius 2 is 1.68 bits per heavy atom. The number of rotatable bonds is 12. The number of amides is 1. The number of aryl methyl sites for hydroxylation is 1. The molecule has 2 aromatic rings. The summed E-state index contributed by atoms with van der Waals surface area (Å²) < 4.78 is 33.3. The first-order chi connectivity index (χ1) is 27.9. The minimum atomic E-state index is -1.39. The average Bonchev–Trinajstić information content (AvgIpc) is 3.85. The van der Waals surface area contributed by atoms with E-state index in [-0.39, 0.29) is 30.8 Å². The fourth-order valence-electron chi connectivity index (χ4n) is 9.68. The monoisotopic (exact) mass is 824 g/mol. The van der Waals surface area contributed by atoms with Crippen molar-refractivity contribution >= 4 is 23.6 Å². The number of ether oxygens (including phenoxy) is 5. The van der Waals surface area contributed by atoms with Crippen LogP contribution in [0.25, 0.3) is 5.82 Å². The van der Waals surface area contributed by atoms with E-state index in [4.69, 9.17) is 23.7 Å². The second-order valence-corrected chi connectivity index (χ2v) is 17.6. The summed E-state index contributed by atoms with van der Waals surface area (Å²) in [7, 11) is 3.43. The molecule has 3 aliphatic rings. The molecule has 0 saturated carbocycles. The molecule has 0 radical (unpaired) electrons. The van der Waals surface area contributed by atoms with Crippen LogP contribution in [0.4, 0.5) is 4.79 Å². The lowest BCUT2D eigenvalue weighted by Gasteiger charge is -2.47. The van der Waals surface area contributed by atoms with Gasteiger partial charge < -0.3 is 43.2 Å². The summed E-state index contributed by atoms with van der Waals surface area (Å²) in [6.45, 7) is 17.1. The number of nitrogens with zero attached hydrogens (tertiary/aromatic N) is 4. The second-order valence-electron chi connectivity index (χ2n) is 17.6. The molecule has 0 spiro atoms. The van der Waals surface area contributed by atoms with Gasteiger partial charge in [-0.05, 0) is 104 Å². The molecule has 59 heavy (non-hydrogen) atoms. The maximum Gasteiger partial charge on any atom is 0.410 e. The topological polar surface area (TPSA) is 159 Å². The predicted molar refractivity (Wildman–Crippen MR) is 221 cm³/mol. The molecule has 3 saturated heterocycles. The molecule has 0 bridgehead atoms. The lowest BCUT2D eigenvalue weighted by atomic mass is 9.73. The van der Waals surface area contributed by atoms with Gasteiger partial charge in [0.2, 0.25) is 0 Å². The van der Waals surface area contributed by atoms with Crippen LogP contribution in [-0.2, 0) is 44.5 Å². The van der Waals surface area contributed by atoms with Crippen LogP contribution in [0, 0.1) is 23.7 Å². The minimum absolute atomic E-state index is 0.136. The first-order valence-electron chi connectivity index (χ1n) is 21.5. The molecule has 0 unspecified atom stereocenters. The molecule has 2 aromatic heterocycles. The lowest BCUT2D eigenvalue weighted by Crippen LogP contribution is -2.60. The summed E-state index contributed by atoms with van der Waals surface area (Å²) in [6.07, 6.45) is 3.87. The maximum atomic E-state index is 14.7. The number of Topliss-reactive ketones (excluding diaryl/α,β-unsaturated/α-hetero) is 2. The number of hydrogen-bond donors (Lipinski definition) is 1. The second kappa shape index (κ2) is 19.4. The quantitative estimate of drug-likeness (QED) is 0.156. The molecule has 5 heterocycles. The van der Waals surface area contributed by atoms with E-state index in [2.05, 4.69) is 4.98 Å². The number of aromatic nitrogens is 2. The summed E-state index contributed by atoms with van der Waals surface area (Å²) in [4.78, 5) is 65.2. The molecule has 14 nitrogen and oxygen atoms in total. The third-order valence-corrected chi connectivity index (χ3v) is 13.4. The number of hydrogen-bond acceptors (Lipinski definition) is 12. The Balaban J connectivity index is 1.43. The van der Waals surface area contributed by atoms with Gasteiger partial charge in [-0.25, -0.2) is 9.78 Å². The standard InChI is InChI=1S/C45H68N4O10/c1-12-34-45(9)39(49(43(54)59-45)23-15-14-18-32-19-20-35(46-26-32)48-21-16-17-22-48)29(5)36(50)27(3)25-44(8,55-11)40(30(6)37(51)31(7)41(53)57-34)58-42-38(52)33(47(10)13-2)24-28(4)56-42/h16-17,19-22,26-31,33-34,38-40,42,52H,12-15,18,23-25H2,1-11H3/t27-,28-,29+,30+,31-,33+,34-,38-,39+,40-,42+,44-,45-/m1/s1. The zero-order chi connectivity index (χ0) is 43.4. The van der Waals surface area contributed by atoms with E-state index >= 15 is 0 Å². The SMILES string of the molecule is CC[C@H]1OC(=O)[C@H](C)C(=O)[C@H](C)[C@@H](O[C@@H]2O[C@H](C)C[C@H](N(C)CC)[C@H]2O)[C@](C)(OC)C[C@@H](C)C(=O)[C@H](C)[C@@H]2N(CCCCc3ccc(-n4cccc4)nc3)C(=O)O[C@@]21C. The smallest absolute Gasteiger partial charge is 0.410 e. The number of unbranched alkanes of at least 4 members (excludes halogenated alkanes) is 1. The summed E-state index contributed by atoms with van der Waals surface area (Å²) >= 11 is 0. The third-order valence-electron chi connectivity index (χ3n) is 13.4. The molecular formula is C45H68N4O10. The van der Waals surface area contributed by atoms with Crippen molar-refractivity contribution in [1.29, 1.82) is 0 Å². The number of likely N-dealkylation sites (N-methyl/N-ethyl adjacent to an activating group) is 1. The Morgan fingerprint density at radius 1 is 0.983 bits per heavy atom. The van der Waals surface area contributed by atoms with Crippen molar-refractivity contribution in [3.05, 3.63) is 48.4 Å². The number of aliphatic hydroxyl groups is 1. The summed E-state index contributed by atoms with van der Waals surface area (Å²) in [5.41, 5.74) is -1.59. The van der Waals surface area contributed by atoms with Gasteiger partial charge in [0.15, 0.2) is 17.7 Å². The number of cyclic esters (lactones) is 1. The molecule has 0 aromatic carbocycles. The largest absolute Gasteiger partial charge is 0.458 e. The fraction of sp³-hybridized carbons (Fsp3) is 0.711. The highest BCUT2D eigenvalue weighted by atomic mass is 16.7. The Labute approximate surface area is 350 Å². The Morgan fingerprint density at radius 3 is 2.29 bits per heavy atom. The van der Waals surface area contributed by atoms with Crippen LogP contribution in [0.15, 0.2) is 42.9 Å². The summed E-state index contributed by atoms with van der Waals surface area (Å²) in [6, 6.07) is 6.87. The highest BCUT2D eigenvalue weighted by Gasteiger charge is 2.60. The van der Waals surface area contributed by atoms with E-state index in [1.807, 2.05) is 87.1 Å². The van der Waals surface area contributed by atoms with Crippen molar-refractivity contribution in [1.82, 2.24) is 19.4 Å². The Kier molecular flexibility index (Phi) is 15.2. The van der Waals surface area contributed by atoms with Crippen molar-refractivity contribution < 1.29 is 48.0 Å². The van der Waals surface area contributed by atoms with Crippen molar-refractivity contribution in [2.45, 2.75) is 155 Å². The first-order valence-corrected chi connectivity index (χ1v) is 21.5. The number of ketones is 2. The zero-order valence-corrected chi connectivity index (χ0v) is 37.0. The fourth-order valence-corrected chi connectivity index (χ4v) is 9.68. The predicted octanol–water partition coefficient (Wildman–Crippen LogP) is 5.79. The normalized spacial score (nSPS) is 36.3. The van der Waals surface area contributed by atoms with E-state index in [1.165, 1.54) is 14.0 Å². The number of esters is 1. The highest BCUT2D eigenvalue weighted by Crippen LogP contribution is 2.43. The molecule has 14 heteroatoms. The number of carbonyl (C=O) groups excluding carboxylic acids is 4. The van der Waals surface area contributed by atoms with Gasteiger partial charge in [0.25, 0.3) is 0 Å². The van der Waals surface area contributed by atoms with E-state index in [0.29, 0.717) is 25.9 Å². The number of pyridine rings is 1. The number of methoxy groups -OCH3 is 1.